The standard InChI is InChI=1S/C14H16N6O/c1-4-10-6-12(19-18-10)17-14(21)11-7-15-20-9(3)5-8(2)16-13(11)20/h5-7H,4H2,1-3H3,(H2,17,18,19,21). The van der Waals surface area contributed by atoms with E-state index < -0.39 is 0 Å². The molecule has 7 heteroatoms. The van der Waals surface area contributed by atoms with E-state index in [-0.39, 0.29) is 5.91 Å². The van der Waals surface area contributed by atoms with E-state index in [9.17, 15) is 4.79 Å². The molecule has 0 unspecified atom stereocenters. The van der Waals surface area contributed by atoms with Gasteiger partial charge in [0.05, 0.1) is 6.20 Å². The number of fused-ring (bicyclic) bond motifs is 1. The number of carbonyl (C=O) groups excluding carboxylic acids is 1. The largest absolute Gasteiger partial charge is 0.305 e. The smallest absolute Gasteiger partial charge is 0.262 e. The van der Waals surface area contributed by atoms with Crippen LogP contribution in [0.3, 0.4) is 0 Å². The SMILES string of the molecule is CCc1cc(NC(=O)c2cnn3c(C)cc(C)nc23)n[nH]1. The van der Waals surface area contributed by atoms with Crippen LogP contribution in [0.5, 0.6) is 0 Å². The first-order chi connectivity index (χ1) is 10.1. The van der Waals surface area contributed by atoms with Crippen molar-refractivity contribution in [3.63, 3.8) is 0 Å². The van der Waals surface area contributed by atoms with Crippen LogP contribution in [-0.2, 0) is 6.42 Å². The lowest BCUT2D eigenvalue weighted by Crippen LogP contribution is -2.12. The van der Waals surface area contributed by atoms with Crippen LogP contribution in [0.15, 0.2) is 18.3 Å². The number of hydrogen-bond donors (Lipinski definition) is 2. The molecule has 3 aromatic heterocycles. The van der Waals surface area contributed by atoms with Crippen molar-refractivity contribution in [2.75, 3.05) is 5.32 Å². The molecule has 3 rings (SSSR count). The fourth-order valence-electron chi connectivity index (χ4n) is 2.22. The van der Waals surface area contributed by atoms with Crippen LogP contribution in [0.2, 0.25) is 0 Å². The Morgan fingerprint density at radius 3 is 2.90 bits per heavy atom. The van der Waals surface area contributed by atoms with Gasteiger partial charge in [0.15, 0.2) is 11.5 Å². The van der Waals surface area contributed by atoms with Gasteiger partial charge in [0, 0.05) is 23.1 Å². The Hall–Kier alpha value is -2.70. The van der Waals surface area contributed by atoms with Crippen LogP contribution in [0.1, 0.15) is 34.4 Å². The van der Waals surface area contributed by atoms with Gasteiger partial charge in [-0.3, -0.25) is 9.89 Å². The van der Waals surface area contributed by atoms with Gasteiger partial charge in [-0.2, -0.15) is 10.2 Å². The molecule has 0 radical (unpaired) electrons. The highest BCUT2D eigenvalue weighted by Crippen LogP contribution is 2.14. The van der Waals surface area contributed by atoms with E-state index in [1.807, 2.05) is 32.9 Å². The molecule has 7 nitrogen and oxygen atoms in total. The number of amides is 1. The molecule has 0 spiro atoms. The number of nitrogens with one attached hydrogen (secondary N) is 2. The number of nitrogens with zero attached hydrogens (tertiary/aromatic N) is 4. The summed E-state index contributed by atoms with van der Waals surface area (Å²) in [5.74, 6) is 0.234. The second-order valence-electron chi connectivity index (χ2n) is 4.92. The van der Waals surface area contributed by atoms with Crippen LogP contribution in [-0.4, -0.2) is 30.7 Å². The van der Waals surface area contributed by atoms with Gasteiger partial charge in [-0.25, -0.2) is 9.50 Å². The van der Waals surface area contributed by atoms with Gasteiger partial charge < -0.3 is 5.32 Å². The summed E-state index contributed by atoms with van der Waals surface area (Å²) in [6, 6.07) is 3.73. The molecule has 0 saturated carbocycles. The van der Waals surface area contributed by atoms with Gasteiger partial charge in [0.2, 0.25) is 0 Å². The molecule has 2 N–H and O–H groups in total. The second-order valence-corrected chi connectivity index (χ2v) is 4.92. The highest BCUT2D eigenvalue weighted by atomic mass is 16.1. The van der Waals surface area contributed by atoms with E-state index in [0.717, 1.165) is 23.5 Å². The zero-order valence-electron chi connectivity index (χ0n) is 12.1. The summed E-state index contributed by atoms with van der Waals surface area (Å²) in [6.07, 6.45) is 2.36. The molecule has 0 aliphatic heterocycles. The first kappa shape index (κ1) is 13.3. The minimum absolute atomic E-state index is 0.267. The highest BCUT2D eigenvalue weighted by Gasteiger charge is 2.16. The van der Waals surface area contributed by atoms with Crippen LogP contribution in [0.25, 0.3) is 5.65 Å². The molecule has 21 heavy (non-hydrogen) atoms. The number of aromatic nitrogens is 5. The van der Waals surface area contributed by atoms with Gasteiger partial charge in [0.1, 0.15) is 5.56 Å². The Kier molecular flexibility index (Phi) is 3.17. The minimum Gasteiger partial charge on any atom is -0.305 e. The molecule has 0 saturated heterocycles. The minimum atomic E-state index is -0.267. The van der Waals surface area contributed by atoms with Crippen molar-refractivity contribution < 1.29 is 4.79 Å². The van der Waals surface area contributed by atoms with Crippen molar-refractivity contribution in [1.82, 2.24) is 24.8 Å². The number of aromatic amines is 1. The van der Waals surface area contributed by atoms with Crippen molar-refractivity contribution in [3.05, 3.63) is 41.0 Å². The van der Waals surface area contributed by atoms with Gasteiger partial charge >= 0.3 is 0 Å². The van der Waals surface area contributed by atoms with E-state index >= 15 is 0 Å². The molecular formula is C14H16N6O. The van der Waals surface area contributed by atoms with Crippen LogP contribution in [0, 0.1) is 13.8 Å². The highest BCUT2D eigenvalue weighted by molar-refractivity contribution is 6.07. The van der Waals surface area contributed by atoms with Gasteiger partial charge in [-0.05, 0) is 26.3 Å². The number of H-pyrrole nitrogens is 1. The summed E-state index contributed by atoms with van der Waals surface area (Å²) in [5.41, 5.74) is 3.74. The lowest BCUT2D eigenvalue weighted by Gasteiger charge is -2.02. The van der Waals surface area contributed by atoms with E-state index in [0.29, 0.717) is 17.0 Å². The molecule has 1 amide bonds. The Labute approximate surface area is 121 Å². The van der Waals surface area contributed by atoms with Gasteiger partial charge in [0.25, 0.3) is 5.91 Å². The maximum atomic E-state index is 12.4. The Balaban J connectivity index is 1.94. The lowest BCUT2D eigenvalue weighted by molar-refractivity contribution is 0.102. The third-order valence-electron chi connectivity index (χ3n) is 3.28. The van der Waals surface area contributed by atoms with E-state index in [2.05, 4.69) is 25.6 Å². The first-order valence-electron chi connectivity index (χ1n) is 6.76. The van der Waals surface area contributed by atoms with Crippen molar-refractivity contribution in [2.45, 2.75) is 27.2 Å². The summed E-state index contributed by atoms with van der Waals surface area (Å²) >= 11 is 0. The average Bonchev–Trinajstić information content (AvgIpc) is 3.04. The predicted molar refractivity (Wildman–Crippen MR) is 78.4 cm³/mol. The molecule has 0 aliphatic rings. The normalized spacial score (nSPS) is 11.0. The quantitative estimate of drug-likeness (QED) is 0.768. The van der Waals surface area contributed by atoms with Gasteiger partial charge in [-0.1, -0.05) is 6.92 Å². The van der Waals surface area contributed by atoms with Crippen LogP contribution in [0.4, 0.5) is 5.82 Å². The number of anilines is 1. The molecule has 3 aromatic rings. The average molecular weight is 284 g/mol. The maximum Gasteiger partial charge on any atom is 0.262 e. The zero-order chi connectivity index (χ0) is 15.0. The molecule has 0 bridgehead atoms. The number of rotatable bonds is 3. The fourth-order valence-corrected chi connectivity index (χ4v) is 2.22. The van der Waals surface area contributed by atoms with Crippen LogP contribution >= 0.6 is 0 Å². The van der Waals surface area contributed by atoms with Crippen molar-refractivity contribution >= 4 is 17.4 Å². The molecular weight excluding hydrogens is 268 g/mol. The maximum absolute atomic E-state index is 12.4. The molecule has 108 valence electrons. The third kappa shape index (κ3) is 2.37. The van der Waals surface area contributed by atoms with E-state index in [4.69, 9.17) is 0 Å². The van der Waals surface area contributed by atoms with E-state index in [1.54, 1.807) is 4.52 Å². The van der Waals surface area contributed by atoms with E-state index in [1.165, 1.54) is 6.20 Å². The number of aryl methyl sites for hydroxylation is 3. The summed E-state index contributed by atoms with van der Waals surface area (Å²) in [5, 5.41) is 13.9. The number of carbonyl (C=O) groups is 1. The van der Waals surface area contributed by atoms with Crippen LogP contribution < -0.4 is 5.32 Å². The summed E-state index contributed by atoms with van der Waals surface area (Å²) in [6.45, 7) is 5.83. The Morgan fingerprint density at radius 2 is 2.19 bits per heavy atom. The molecule has 0 fully saturated rings. The van der Waals surface area contributed by atoms with Crippen molar-refractivity contribution in [3.8, 4) is 0 Å². The molecule has 0 aromatic carbocycles. The zero-order valence-corrected chi connectivity index (χ0v) is 12.1. The molecule has 3 heterocycles. The summed E-state index contributed by atoms with van der Waals surface area (Å²) in [4.78, 5) is 16.7. The van der Waals surface area contributed by atoms with Gasteiger partial charge in [-0.15, -0.1) is 0 Å². The first-order valence-corrected chi connectivity index (χ1v) is 6.76. The third-order valence-corrected chi connectivity index (χ3v) is 3.28. The topological polar surface area (TPSA) is 88.0 Å². The summed E-state index contributed by atoms with van der Waals surface area (Å²) in [7, 11) is 0. The Morgan fingerprint density at radius 1 is 1.38 bits per heavy atom. The fraction of sp³-hybridized carbons (Fsp3) is 0.286. The Bertz CT molecular complexity index is 816. The second kappa shape index (κ2) is 5.01. The lowest BCUT2D eigenvalue weighted by atomic mass is 10.3. The van der Waals surface area contributed by atoms with Crippen molar-refractivity contribution in [1.29, 1.82) is 0 Å². The monoisotopic (exact) mass is 284 g/mol. The number of hydrogen-bond acceptors (Lipinski definition) is 4. The summed E-state index contributed by atoms with van der Waals surface area (Å²) < 4.78 is 1.66. The predicted octanol–water partition coefficient (Wildman–Crippen LogP) is 1.88. The molecule has 0 atom stereocenters. The van der Waals surface area contributed by atoms with Crippen molar-refractivity contribution in [2.24, 2.45) is 0 Å². The molecule has 0 aliphatic carbocycles.